The van der Waals surface area contributed by atoms with Gasteiger partial charge in [-0.3, -0.25) is 14.4 Å². The van der Waals surface area contributed by atoms with Gasteiger partial charge in [-0.15, -0.1) is 11.8 Å². The average molecular weight is 653 g/mol. The van der Waals surface area contributed by atoms with E-state index in [1.165, 1.54) is 11.8 Å². The molecular formula is C36H27Cl2N3O3S. The summed E-state index contributed by atoms with van der Waals surface area (Å²) >= 11 is 13.8. The van der Waals surface area contributed by atoms with E-state index in [0.717, 1.165) is 16.0 Å². The fraction of sp³-hybridized carbons (Fsp3) is 0.0278. The minimum atomic E-state index is -0.647. The zero-order valence-electron chi connectivity index (χ0n) is 23.7. The lowest BCUT2D eigenvalue weighted by Gasteiger charge is -2.18. The monoisotopic (exact) mass is 651 g/mol. The SMILES string of the molecule is O=C(Nc1cccc(SC(C(=O)Nc2cc(Cl)ccc2Cl)c2ccccc2)c1)/C(=C/c1ccccc1)NC(=O)c1ccccc1. The molecule has 224 valence electrons. The molecule has 0 aromatic heterocycles. The fourth-order valence-electron chi connectivity index (χ4n) is 4.33. The quantitative estimate of drug-likeness (QED) is 0.104. The number of thioether (sulfide) groups is 1. The molecule has 0 bridgehead atoms. The van der Waals surface area contributed by atoms with Crippen molar-refractivity contribution in [2.45, 2.75) is 10.1 Å². The van der Waals surface area contributed by atoms with E-state index in [0.29, 0.717) is 27.0 Å². The topological polar surface area (TPSA) is 87.3 Å². The van der Waals surface area contributed by atoms with Crippen molar-refractivity contribution in [3.05, 3.63) is 166 Å². The Morgan fingerprint density at radius 3 is 2.07 bits per heavy atom. The molecule has 9 heteroatoms. The van der Waals surface area contributed by atoms with Crippen molar-refractivity contribution in [2.24, 2.45) is 0 Å². The molecule has 0 radical (unpaired) electrons. The maximum Gasteiger partial charge on any atom is 0.272 e. The van der Waals surface area contributed by atoms with Crippen LogP contribution in [0, 0.1) is 0 Å². The Balaban J connectivity index is 1.37. The van der Waals surface area contributed by atoms with Gasteiger partial charge < -0.3 is 16.0 Å². The van der Waals surface area contributed by atoms with Gasteiger partial charge in [0.15, 0.2) is 0 Å². The first-order valence-electron chi connectivity index (χ1n) is 13.9. The smallest absolute Gasteiger partial charge is 0.272 e. The number of amides is 3. The van der Waals surface area contributed by atoms with E-state index in [9.17, 15) is 14.4 Å². The summed E-state index contributed by atoms with van der Waals surface area (Å²) in [5.41, 5.74) is 2.93. The number of hydrogen-bond donors (Lipinski definition) is 3. The Morgan fingerprint density at radius 2 is 1.36 bits per heavy atom. The van der Waals surface area contributed by atoms with Crippen LogP contribution in [0.5, 0.6) is 0 Å². The van der Waals surface area contributed by atoms with Crippen LogP contribution < -0.4 is 16.0 Å². The van der Waals surface area contributed by atoms with E-state index in [-0.39, 0.29) is 11.6 Å². The lowest BCUT2D eigenvalue weighted by atomic mass is 10.1. The number of benzene rings is 5. The van der Waals surface area contributed by atoms with Crippen LogP contribution >= 0.6 is 35.0 Å². The lowest BCUT2D eigenvalue weighted by Crippen LogP contribution is -2.30. The highest BCUT2D eigenvalue weighted by molar-refractivity contribution is 8.00. The van der Waals surface area contributed by atoms with Crippen LogP contribution in [-0.2, 0) is 9.59 Å². The molecule has 0 fully saturated rings. The van der Waals surface area contributed by atoms with Crippen molar-refractivity contribution in [1.29, 1.82) is 0 Å². The lowest BCUT2D eigenvalue weighted by molar-refractivity contribution is -0.116. The second-order valence-corrected chi connectivity index (χ2v) is 11.8. The van der Waals surface area contributed by atoms with Gasteiger partial charge in [-0.25, -0.2) is 0 Å². The molecule has 0 heterocycles. The minimum Gasteiger partial charge on any atom is -0.323 e. The van der Waals surface area contributed by atoms with Gasteiger partial charge in [-0.05, 0) is 65.7 Å². The molecule has 1 unspecified atom stereocenters. The van der Waals surface area contributed by atoms with Crippen LogP contribution in [0.15, 0.2) is 144 Å². The minimum absolute atomic E-state index is 0.0769. The molecule has 3 amide bonds. The third kappa shape index (κ3) is 8.86. The third-order valence-corrected chi connectivity index (χ3v) is 8.32. The van der Waals surface area contributed by atoms with Crippen molar-refractivity contribution in [1.82, 2.24) is 5.32 Å². The molecule has 5 aromatic rings. The second-order valence-electron chi connectivity index (χ2n) is 9.79. The van der Waals surface area contributed by atoms with Gasteiger partial charge in [-0.1, -0.05) is 108 Å². The molecule has 0 aliphatic heterocycles. The highest BCUT2D eigenvalue weighted by Crippen LogP contribution is 2.38. The van der Waals surface area contributed by atoms with Crippen LogP contribution in [0.2, 0.25) is 10.0 Å². The van der Waals surface area contributed by atoms with E-state index < -0.39 is 17.1 Å². The van der Waals surface area contributed by atoms with Crippen LogP contribution in [0.25, 0.3) is 6.08 Å². The summed E-state index contributed by atoms with van der Waals surface area (Å²) in [5, 5.41) is 8.70. The Hall–Kier alpha value is -4.82. The van der Waals surface area contributed by atoms with Crippen LogP contribution in [-0.4, -0.2) is 17.7 Å². The molecule has 0 saturated heterocycles. The molecule has 6 nitrogen and oxygen atoms in total. The highest BCUT2D eigenvalue weighted by Gasteiger charge is 2.23. The standard InChI is InChI=1S/C36H27Cl2N3O3S/c37-27-19-20-30(38)31(22-27)40-36(44)33(25-13-6-2-7-14-25)45-29-18-10-17-28(23-29)39-35(43)32(21-24-11-4-1-5-12-24)41-34(42)26-15-8-3-9-16-26/h1-23,33H,(H,39,43)(H,40,44)(H,41,42)/b32-21-. The summed E-state index contributed by atoms with van der Waals surface area (Å²) in [4.78, 5) is 40.8. The number of carbonyl (C=O) groups excluding carboxylic acids is 3. The Morgan fingerprint density at radius 1 is 0.689 bits per heavy atom. The summed E-state index contributed by atoms with van der Waals surface area (Å²) < 4.78 is 0. The normalized spacial score (nSPS) is 11.7. The molecular weight excluding hydrogens is 625 g/mol. The summed E-state index contributed by atoms with van der Waals surface area (Å²) in [6, 6.07) is 39.3. The van der Waals surface area contributed by atoms with Crippen LogP contribution in [0.4, 0.5) is 11.4 Å². The number of nitrogens with one attached hydrogen (secondary N) is 3. The first-order valence-corrected chi connectivity index (χ1v) is 15.5. The van der Waals surface area contributed by atoms with Gasteiger partial charge in [0.05, 0.1) is 10.7 Å². The predicted molar refractivity (Wildman–Crippen MR) is 184 cm³/mol. The zero-order chi connectivity index (χ0) is 31.6. The number of carbonyl (C=O) groups is 3. The maximum atomic E-state index is 13.6. The van der Waals surface area contributed by atoms with Crippen molar-refractivity contribution in [3.8, 4) is 0 Å². The molecule has 0 aliphatic rings. The van der Waals surface area contributed by atoms with E-state index >= 15 is 0 Å². The van der Waals surface area contributed by atoms with E-state index in [1.54, 1.807) is 66.7 Å². The van der Waals surface area contributed by atoms with Gasteiger partial charge >= 0.3 is 0 Å². The zero-order valence-corrected chi connectivity index (χ0v) is 26.1. The fourth-order valence-corrected chi connectivity index (χ4v) is 5.75. The van der Waals surface area contributed by atoms with Gasteiger partial charge in [-0.2, -0.15) is 0 Å². The average Bonchev–Trinajstić information content (AvgIpc) is 3.06. The van der Waals surface area contributed by atoms with Crippen molar-refractivity contribution < 1.29 is 14.4 Å². The van der Waals surface area contributed by atoms with E-state index in [4.69, 9.17) is 23.2 Å². The maximum absolute atomic E-state index is 13.6. The largest absolute Gasteiger partial charge is 0.323 e. The number of rotatable bonds is 10. The van der Waals surface area contributed by atoms with Gasteiger partial charge in [0.1, 0.15) is 10.9 Å². The highest BCUT2D eigenvalue weighted by atomic mass is 35.5. The molecule has 0 saturated carbocycles. The van der Waals surface area contributed by atoms with E-state index in [2.05, 4.69) is 16.0 Å². The van der Waals surface area contributed by atoms with Crippen molar-refractivity contribution in [2.75, 3.05) is 10.6 Å². The molecule has 45 heavy (non-hydrogen) atoms. The van der Waals surface area contributed by atoms with Gasteiger partial charge in [0, 0.05) is 21.2 Å². The predicted octanol–water partition coefficient (Wildman–Crippen LogP) is 8.88. The first-order chi connectivity index (χ1) is 21.9. The second kappa shape index (κ2) is 15.3. The Labute approximate surface area is 275 Å². The summed E-state index contributed by atoms with van der Waals surface area (Å²) in [6.07, 6.45) is 1.62. The molecule has 0 spiro atoms. The molecule has 0 aliphatic carbocycles. The summed E-state index contributed by atoms with van der Waals surface area (Å²) in [6.45, 7) is 0. The summed E-state index contributed by atoms with van der Waals surface area (Å²) in [7, 11) is 0. The van der Waals surface area contributed by atoms with Crippen LogP contribution in [0.3, 0.4) is 0 Å². The van der Waals surface area contributed by atoms with Crippen molar-refractivity contribution in [3.63, 3.8) is 0 Å². The van der Waals surface area contributed by atoms with Gasteiger partial charge in [0.25, 0.3) is 11.8 Å². The van der Waals surface area contributed by atoms with Crippen molar-refractivity contribution >= 4 is 70.1 Å². The first kappa shape index (κ1) is 31.6. The number of hydrogen-bond acceptors (Lipinski definition) is 4. The summed E-state index contributed by atoms with van der Waals surface area (Å²) in [5.74, 6) is -1.20. The molecule has 3 N–H and O–H groups in total. The molecule has 5 aromatic carbocycles. The molecule has 1 atom stereocenters. The van der Waals surface area contributed by atoms with Crippen LogP contribution in [0.1, 0.15) is 26.7 Å². The molecule has 5 rings (SSSR count). The van der Waals surface area contributed by atoms with Gasteiger partial charge in [0.2, 0.25) is 5.91 Å². The number of halogens is 2. The Bertz CT molecular complexity index is 1840. The number of anilines is 2. The third-order valence-electron chi connectivity index (χ3n) is 6.51. The Kier molecular flexibility index (Phi) is 10.7. The van der Waals surface area contributed by atoms with E-state index in [1.807, 2.05) is 72.8 Å².